The van der Waals surface area contributed by atoms with E-state index in [1.54, 1.807) is 66.7 Å². The van der Waals surface area contributed by atoms with E-state index in [-0.39, 0.29) is 28.7 Å². The van der Waals surface area contributed by atoms with Crippen molar-refractivity contribution in [2.45, 2.75) is 16.6 Å². The molecule has 2 N–H and O–H groups in total. The van der Waals surface area contributed by atoms with Crippen LogP contribution in [0.1, 0.15) is 21.7 Å². The summed E-state index contributed by atoms with van der Waals surface area (Å²) in [6, 6.07) is 23.8. The number of benzene rings is 3. The zero-order valence-corrected chi connectivity index (χ0v) is 24.3. The van der Waals surface area contributed by atoms with Crippen LogP contribution in [-0.4, -0.2) is 28.9 Å². The molecule has 1 atom stereocenters. The van der Waals surface area contributed by atoms with Gasteiger partial charge in [-0.05, 0) is 66.1 Å². The van der Waals surface area contributed by atoms with Crippen LogP contribution in [0.4, 0.5) is 11.4 Å². The van der Waals surface area contributed by atoms with E-state index in [1.807, 2.05) is 17.5 Å². The molecule has 1 aliphatic heterocycles. The number of thioether (sulfide) groups is 1. The molecule has 1 aromatic heterocycles. The SMILES string of the molecule is O=C(Nc1cccc(S[C@H]2CC(=O)N(c3cc(Cl)ccc3Cl)C2=O)c1)/C(=C\c1cccs1)NC(=O)c1ccccc1. The summed E-state index contributed by atoms with van der Waals surface area (Å²) in [6.07, 6.45) is 1.60. The van der Waals surface area contributed by atoms with Gasteiger partial charge in [0.25, 0.3) is 11.8 Å². The van der Waals surface area contributed by atoms with Crippen molar-refractivity contribution >= 4 is 87.4 Å². The van der Waals surface area contributed by atoms with E-state index in [9.17, 15) is 19.2 Å². The van der Waals surface area contributed by atoms with Gasteiger partial charge < -0.3 is 10.6 Å². The molecular formula is C30H21Cl2N3O4S2. The van der Waals surface area contributed by atoms with Crippen molar-refractivity contribution in [1.82, 2.24) is 5.32 Å². The number of thiophene rings is 1. The van der Waals surface area contributed by atoms with E-state index in [0.29, 0.717) is 21.2 Å². The maximum absolute atomic E-state index is 13.3. The molecule has 1 saturated heterocycles. The molecule has 0 unspecified atom stereocenters. The van der Waals surface area contributed by atoms with Crippen LogP contribution in [-0.2, 0) is 14.4 Å². The second kappa shape index (κ2) is 12.7. The van der Waals surface area contributed by atoms with Crippen LogP contribution in [0.5, 0.6) is 0 Å². The maximum Gasteiger partial charge on any atom is 0.272 e. The number of halogens is 2. The lowest BCUT2D eigenvalue weighted by molar-refractivity contribution is -0.121. The summed E-state index contributed by atoms with van der Waals surface area (Å²) in [4.78, 5) is 54.5. The van der Waals surface area contributed by atoms with Gasteiger partial charge in [-0.2, -0.15) is 0 Å². The zero-order valence-electron chi connectivity index (χ0n) is 21.2. The first-order valence-corrected chi connectivity index (χ1v) is 14.8. The van der Waals surface area contributed by atoms with E-state index in [4.69, 9.17) is 23.2 Å². The standard InChI is InChI=1S/C30H21Cl2N3O4S2/c31-19-11-12-23(32)25(14-19)35-27(36)17-26(30(35)39)41-22-9-4-8-20(15-22)33-29(38)24(16-21-10-5-13-40-21)34-28(37)18-6-2-1-3-7-18/h1-16,26H,17H2,(H,33,38)(H,34,37)/b24-16+/t26-/m0/s1. The van der Waals surface area contributed by atoms with Crippen LogP contribution in [0.15, 0.2) is 101 Å². The predicted octanol–water partition coefficient (Wildman–Crippen LogP) is 6.89. The fourth-order valence-electron chi connectivity index (χ4n) is 4.07. The Morgan fingerprint density at radius 2 is 1.76 bits per heavy atom. The van der Waals surface area contributed by atoms with Crippen LogP contribution < -0.4 is 15.5 Å². The molecule has 206 valence electrons. The van der Waals surface area contributed by atoms with Crippen molar-refractivity contribution in [2.75, 3.05) is 10.2 Å². The Labute approximate surface area is 254 Å². The highest BCUT2D eigenvalue weighted by Crippen LogP contribution is 2.38. The lowest BCUT2D eigenvalue weighted by Gasteiger charge is -2.17. The minimum atomic E-state index is -0.678. The van der Waals surface area contributed by atoms with Gasteiger partial charge in [-0.15, -0.1) is 23.1 Å². The number of amides is 4. The zero-order chi connectivity index (χ0) is 28.9. The Hall–Kier alpha value is -3.89. The Bertz CT molecular complexity index is 1660. The monoisotopic (exact) mass is 621 g/mol. The largest absolute Gasteiger partial charge is 0.321 e. The van der Waals surface area contributed by atoms with Crippen molar-refractivity contribution in [1.29, 1.82) is 0 Å². The third kappa shape index (κ3) is 6.89. The fraction of sp³-hybridized carbons (Fsp3) is 0.0667. The number of rotatable bonds is 8. The highest BCUT2D eigenvalue weighted by Gasteiger charge is 2.41. The number of imide groups is 1. The number of nitrogens with one attached hydrogen (secondary N) is 2. The van der Waals surface area contributed by atoms with Gasteiger partial charge in [0.1, 0.15) is 5.70 Å². The molecule has 7 nitrogen and oxygen atoms in total. The second-order valence-corrected chi connectivity index (χ2v) is 11.9. The molecule has 1 fully saturated rings. The first kappa shape index (κ1) is 28.6. The van der Waals surface area contributed by atoms with Gasteiger partial charge in [0.15, 0.2) is 0 Å². The van der Waals surface area contributed by atoms with Crippen LogP contribution in [0.3, 0.4) is 0 Å². The van der Waals surface area contributed by atoms with Crippen molar-refractivity contribution in [3.05, 3.63) is 116 Å². The summed E-state index contributed by atoms with van der Waals surface area (Å²) < 4.78 is 0. The number of hydrogen-bond acceptors (Lipinski definition) is 6. The third-order valence-corrected chi connectivity index (χ3v) is 8.54. The van der Waals surface area contributed by atoms with E-state index in [1.165, 1.54) is 35.2 Å². The summed E-state index contributed by atoms with van der Waals surface area (Å²) >= 11 is 14.9. The number of nitrogens with zero attached hydrogens (tertiary/aromatic N) is 1. The summed E-state index contributed by atoms with van der Waals surface area (Å²) in [6.45, 7) is 0. The topological polar surface area (TPSA) is 95.6 Å². The van der Waals surface area contributed by atoms with Gasteiger partial charge in [0.2, 0.25) is 11.8 Å². The molecule has 5 rings (SSSR count). The lowest BCUT2D eigenvalue weighted by atomic mass is 10.2. The minimum Gasteiger partial charge on any atom is -0.321 e. The molecule has 0 saturated carbocycles. The quantitative estimate of drug-likeness (QED) is 0.165. The molecular weight excluding hydrogens is 601 g/mol. The molecule has 11 heteroatoms. The summed E-state index contributed by atoms with van der Waals surface area (Å²) in [5.74, 6) is -1.71. The molecule has 4 aromatic rings. The van der Waals surface area contributed by atoms with Crippen LogP contribution in [0.2, 0.25) is 10.0 Å². The molecule has 3 aromatic carbocycles. The summed E-state index contributed by atoms with van der Waals surface area (Å²) in [7, 11) is 0. The number of carbonyl (C=O) groups excluding carboxylic acids is 4. The third-order valence-electron chi connectivity index (χ3n) is 5.98. The molecule has 2 heterocycles. The molecule has 0 spiro atoms. The normalized spacial score (nSPS) is 15.2. The predicted molar refractivity (Wildman–Crippen MR) is 164 cm³/mol. The molecule has 0 radical (unpaired) electrons. The van der Waals surface area contributed by atoms with Crippen LogP contribution >= 0.6 is 46.3 Å². The molecule has 0 bridgehead atoms. The summed E-state index contributed by atoms with van der Waals surface area (Å²) in [5, 5.41) is 7.33. The smallest absolute Gasteiger partial charge is 0.272 e. The number of hydrogen-bond donors (Lipinski definition) is 2. The minimum absolute atomic E-state index is 0.0118. The van der Waals surface area contributed by atoms with Crippen molar-refractivity contribution in [2.24, 2.45) is 0 Å². The highest BCUT2D eigenvalue weighted by atomic mass is 35.5. The molecule has 4 amide bonds. The van der Waals surface area contributed by atoms with E-state index in [0.717, 1.165) is 9.78 Å². The van der Waals surface area contributed by atoms with Crippen LogP contribution in [0.25, 0.3) is 6.08 Å². The Morgan fingerprint density at radius 3 is 2.51 bits per heavy atom. The van der Waals surface area contributed by atoms with Gasteiger partial charge >= 0.3 is 0 Å². The Balaban J connectivity index is 1.31. The fourth-order valence-corrected chi connectivity index (χ4v) is 6.21. The van der Waals surface area contributed by atoms with Crippen molar-refractivity contribution in [3.63, 3.8) is 0 Å². The number of anilines is 2. The molecule has 41 heavy (non-hydrogen) atoms. The van der Waals surface area contributed by atoms with E-state index < -0.39 is 23.0 Å². The van der Waals surface area contributed by atoms with Crippen molar-refractivity contribution in [3.8, 4) is 0 Å². The second-order valence-electron chi connectivity index (χ2n) is 8.85. The van der Waals surface area contributed by atoms with E-state index >= 15 is 0 Å². The van der Waals surface area contributed by atoms with Gasteiger partial charge in [-0.3, -0.25) is 19.2 Å². The maximum atomic E-state index is 13.3. The van der Waals surface area contributed by atoms with E-state index in [2.05, 4.69) is 10.6 Å². The molecule has 0 aliphatic carbocycles. The Morgan fingerprint density at radius 1 is 0.951 bits per heavy atom. The van der Waals surface area contributed by atoms with Crippen LogP contribution in [0, 0.1) is 0 Å². The highest BCUT2D eigenvalue weighted by molar-refractivity contribution is 8.00. The van der Waals surface area contributed by atoms with Gasteiger partial charge in [0, 0.05) is 32.5 Å². The summed E-state index contributed by atoms with van der Waals surface area (Å²) in [5.41, 5.74) is 1.20. The lowest BCUT2D eigenvalue weighted by Crippen LogP contribution is -2.31. The van der Waals surface area contributed by atoms with Gasteiger partial charge in [-0.1, -0.05) is 53.5 Å². The Kier molecular flexibility index (Phi) is 8.90. The first-order chi connectivity index (χ1) is 19.8. The van der Waals surface area contributed by atoms with Gasteiger partial charge in [-0.25, -0.2) is 4.90 Å². The van der Waals surface area contributed by atoms with Gasteiger partial charge in [0.05, 0.1) is 16.0 Å². The first-order valence-electron chi connectivity index (χ1n) is 12.3. The average Bonchev–Trinajstić information content (AvgIpc) is 3.57. The number of carbonyl (C=O) groups is 4. The van der Waals surface area contributed by atoms with Crippen molar-refractivity contribution < 1.29 is 19.2 Å². The molecule has 1 aliphatic rings. The average molecular weight is 623 g/mol.